The maximum atomic E-state index is 11.9. The molecule has 0 unspecified atom stereocenters. The fourth-order valence-electron chi connectivity index (χ4n) is 1.39. The molecule has 0 saturated carbocycles. The number of nitrogen functional groups attached to an aromatic ring is 1. The Labute approximate surface area is 97.8 Å². The first-order valence-electron chi connectivity index (χ1n) is 5.04. The van der Waals surface area contributed by atoms with Crippen LogP contribution < -0.4 is 11.1 Å². The molecule has 1 aromatic heterocycles. The number of benzene rings is 1. The largest absolute Gasteiger partial charge is 0.408 e. The highest BCUT2D eigenvalue weighted by Crippen LogP contribution is 2.17. The lowest BCUT2D eigenvalue weighted by Crippen LogP contribution is -2.14. The van der Waals surface area contributed by atoms with E-state index >= 15 is 0 Å². The number of hydrogen-bond donors (Lipinski definition) is 2. The number of para-hydroxylation sites is 1. The second-order valence-electron chi connectivity index (χ2n) is 3.62. The zero-order chi connectivity index (χ0) is 12.4. The van der Waals surface area contributed by atoms with Gasteiger partial charge in [0.1, 0.15) is 0 Å². The summed E-state index contributed by atoms with van der Waals surface area (Å²) in [6, 6.07) is 5.30. The number of carbonyl (C=O) groups excluding carboxylic acids is 1. The summed E-state index contributed by atoms with van der Waals surface area (Å²) in [5.41, 5.74) is 7.50. The number of nitrogens with zero attached hydrogens (tertiary/aromatic N) is 2. The molecule has 0 aliphatic carbocycles. The topological polar surface area (TPSA) is 94.0 Å². The van der Waals surface area contributed by atoms with Crippen LogP contribution in [-0.2, 0) is 0 Å². The quantitative estimate of drug-likeness (QED) is 0.765. The lowest BCUT2D eigenvalue weighted by Gasteiger charge is -2.06. The van der Waals surface area contributed by atoms with Gasteiger partial charge in [-0.2, -0.15) is 0 Å². The SMILES string of the molecule is Cc1nnc(NC(=O)c2cccc(C)c2N)o1. The Bertz CT molecular complexity index is 562. The minimum absolute atomic E-state index is 0.0633. The Morgan fingerprint density at radius 1 is 1.35 bits per heavy atom. The molecule has 0 fully saturated rings. The fraction of sp³-hybridized carbons (Fsp3) is 0.182. The summed E-state index contributed by atoms with van der Waals surface area (Å²) < 4.78 is 5.05. The predicted molar refractivity (Wildman–Crippen MR) is 62.6 cm³/mol. The Morgan fingerprint density at radius 3 is 2.76 bits per heavy atom. The number of anilines is 2. The highest BCUT2D eigenvalue weighted by Gasteiger charge is 2.13. The predicted octanol–water partition coefficient (Wildman–Crippen LogP) is 1.52. The van der Waals surface area contributed by atoms with Crippen molar-refractivity contribution in [1.29, 1.82) is 0 Å². The third kappa shape index (κ3) is 2.25. The summed E-state index contributed by atoms with van der Waals surface area (Å²) in [5.74, 6) is 0.0207. The first-order valence-corrected chi connectivity index (χ1v) is 5.04. The van der Waals surface area contributed by atoms with Crippen LogP contribution in [0.15, 0.2) is 22.6 Å². The smallest absolute Gasteiger partial charge is 0.322 e. The second-order valence-corrected chi connectivity index (χ2v) is 3.62. The molecule has 88 valence electrons. The van der Waals surface area contributed by atoms with Crippen molar-refractivity contribution in [2.24, 2.45) is 0 Å². The maximum Gasteiger partial charge on any atom is 0.322 e. The van der Waals surface area contributed by atoms with Crippen LogP contribution in [0, 0.1) is 13.8 Å². The molecule has 0 aliphatic rings. The first-order chi connectivity index (χ1) is 8.08. The molecule has 3 N–H and O–H groups in total. The van der Waals surface area contributed by atoms with E-state index in [-0.39, 0.29) is 11.9 Å². The summed E-state index contributed by atoms with van der Waals surface area (Å²) in [4.78, 5) is 11.9. The van der Waals surface area contributed by atoms with Gasteiger partial charge in [0.2, 0.25) is 5.89 Å². The van der Waals surface area contributed by atoms with Gasteiger partial charge in [-0.1, -0.05) is 17.2 Å². The standard InChI is InChI=1S/C11H12N4O2/c1-6-4-3-5-8(9(6)12)10(16)13-11-15-14-7(2)17-11/h3-5H,12H2,1-2H3,(H,13,15,16). The minimum atomic E-state index is -0.366. The molecular weight excluding hydrogens is 220 g/mol. The number of hydrogen-bond acceptors (Lipinski definition) is 5. The lowest BCUT2D eigenvalue weighted by atomic mass is 10.1. The van der Waals surface area contributed by atoms with E-state index in [1.54, 1.807) is 19.1 Å². The zero-order valence-corrected chi connectivity index (χ0v) is 9.52. The van der Waals surface area contributed by atoms with Crippen molar-refractivity contribution in [2.75, 3.05) is 11.1 Å². The highest BCUT2D eigenvalue weighted by molar-refractivity contribution is 6.07. The highest BCUT2D eigenvalue weighted by atomic mass is 16.4. The van der Waals surface area contributed by atoms with Crippen LogP contribution in [-0.4, -0.2) is 16.1 Å². The molecular formula is C11H12N4O2. The first kappa shape index (κ1) is 11.1. The average molecular weight is 232 g/mol. The summed E-state index contributed by atoms with van der Waals surface area (Å²) in [6.45, 7) is 3.48. The third-order valence-electron chi connectivity index (χ3n) is 2.32. The molecule has 1 heterocycles. The van der Waals surface area contributed by atoms with Gasteiger partial charge in [0.05, 0.1) is 5.56 Å². The number of carbonyl (C=O) groups is 1. The van der Waals surface area contributed by atoms with Crippen molar-refractivity contribution in [2.45, 2.75) is 13.8 Å². The van der Waals surface area contributed by atoms with Gasteiger partial charge in [-0.3, -0.25) is 10.1 Å². The molecule has 2 rings (SSSR count). The van der Waals surface area contributed by atoms with Crippen LogP contribution in [0.2, 0.25) is 0 Å². The number of aromatic nitrogens is 2. The molecule has 0 radical (unpaired) electrons. The molecule has 6 nitrogen and oxygen atoms in total. The van der Waals surface area contributed by atoms with E-state index in [1.807, 2.05) is 13.0 Å². The Balaban J connectivity index is 2.23. The molecule has 0 atom stereocenters. The molecule has 0 spiro atoms. The monoisotopic (exact) mass is 232 g/mol. The maximum absolute atomic E-state index is 11.9. The number of rotatable bonds is 2. The van der Waals surface area contributed by atoms with Gasteiger partial charge in [0.15, 0.2) is 0 Å². The summed E-state index contributed by atoms with van der Waals surface area (Å²) in [5, 5.41) is 9.77. The Morgan fingerprint density at radius 2 is 2.12 bits per heavy atom. The number of nitrogens with one attached hydrogen (secondary N) is 1. The minimum Gasteiger partial charge on any atom is -0.408 e. The molecule has 2 aromatic rings. The normalized spacial score (nSPS) is 10.2. The Kier molecular flexibility index (Phi) is 2.78. The van der Waals surface area contributed by atoms with Crippen LogP contribution >= 0.6 is 0 Å². The van der Waals surface area contributed by atoms with Crippen LogP contribution in [0.1, 0.15) is 21.8 Å². The summed E-state index contributed by atoms with van der Waals surface area (Å²) >= 11 is 0. The van der Waals surface area contributed by atoms with Crippen LogP contribution in [0.25, 0.3) is 0 Å². The van der Waals surface area contributed by atoms with Gasteiger partial charge in [0, 0.05) is 12.6 Å². The molecule has 17 heavy (non-hydrogen) atoms. The van der Waals surface area contributed by atoms with Gasteiger partial charge in [-0.25, -0.2) is 0 Å². The van der Waals surface area contributed by atoms with Gasteiger partial charge in [-0.05, 0) is 18.6 Å². The van der Waals surface area contributed by atoms with Crippen molar-refractivity contribution in [3.63, 3.8) is 0 Å². The molecule has 0 saturated heterocycles. The van der Waals surface area contributed by atoms with Gasteiger partial charge >= 0.3 is 6.01 Å². The van der Waals surface area contributed by atoms with Crippen LogP contribution in [0.4, 0.5) is 11.7 Å². The number of nitrogens with two attached hydrogens (primary N) is 1. The van der Waals surface area contributed by atoms with Crippen LogP contribution in [0.5, 0.6) is 0 Å². The van der Waals surface area contributed by atoms with E-state index in [0.29, 0.717) is 17.1 Å². The Hall–Kier alpha value is -2.37. The summed E-state index contributed by atoms with van der Waals surface area (Å²) in [6.07, 6.45) is 0. The van der Waals surface area contributed by atoms with E-state index in [9.17, 15) is 4.79 Å². The van der Waals surface area contributed by atoms with E-state index in [1.165, 1.54) is 0 Å². The number of amides is 1. The third-order valence-corrected chi connectivity index (χ3v) is 2.32. The zero-order valence-electron chi connectivity index (χ0n) is 9.52. The molecule has 0 aliphatic heterocycles. The second kappa shape index (κ2) is 4.25. The van der Waals surface area contributed by atoms with E-state index < -0.39 is 0 Å². The van der Waals surface area contributed by atoms with Crippen molar-refractivity contribution < 1.29 is 9.21 Å². The van der Waals surface area contributed by atoms with Gasteiger partial charge < -0.3 is 10.2 Å². The van der Waals surface area contributed by atoms with Crippen molar-refractivity contribution >= 4 is 17.6 Å². The van der Waals surface area contributed by atoms with E-state index in [4.69, 9.17) is 10.2 Å². The van der Waals surface area contributed by atoms with Crippen molar-refractivity contribution in [3.8, 4) is 0 Å². The summed E-state index contributed by atoms with van der Waals surface area (Å²) in [7, 11) is 0. The van der Waals surface area contributed by atoms with E-state index in [2.05, 4.69) is 15.5 Å². The lowest BCUT2D eigenvalue weighted by molar-refractivity contribution is 0.102. The van der Waals surface area contributed by atoms with E-state index in [0.717, 1.165) is 5.56 Å². The fourth-order valence-corrected chi connectivity index (χ4v) is 1.39. The molecule has 0 bridgehead atoms. The van der Waals surface area contributed by atoms with Gasteiger partial charge in [0.25, 0.3) is 5.91 Å². The molecule has 1 amide bonds. The van der Waals surface area contributed by atoms with Crippen LogP contribution in [0.3, 0.4) is 0 Å². The number of aryl methyl sites for hydroxylation is 2. The van der Waals surface area contributed by atoms with Gasteiger partial charge in [-0.15, -0.1) is 5.10 Å². The average Bonchev–Trinajstić information content (AvgIpc) is 2.68. The molecule has 6 heteroatoms. The molecule has 1 aromatic carbocycles. The van der Waals surface area contributed by atoms with Crippen molar-refractivity contribution in [3.05, 3.63) is 35.2 Å². The van der Waals surface area contributed by atoms with Crippen molar-refractivity contribution in [1.82, 2.24) is 10.2 Å².